The lowest BCUT2D eigenvalue weighted by atomic mass is 10.2. The third-order valence-corrected chi connectivity index (χ3v) is 2.71. The molecule has 0 aliphatic heterocycles. The average Bonchev–Trinajstić information content (AvgIpc) is 2.42. The SMILES string of the molecule is CNc1cc([N+](=O)[O-])cc(Nc2ccc(F)c(C)c2)n1. The molecule has 0 unspecified atom stereocenters. The summed E-state index contributed by atoms with van der Waals surface area (Å²) in [5, 5.41) is 16.5. The maximum Gasteiger partial charge on any atom is 0.276 e. The van der Waals surface area contributed by atoms with Gasteiger partial charge in [0.25, 0.3) is 5.69 Å². The summed E-state index contributed by atoms with van der Waals surface area (Å²) in [6.45, 7) is 1.64. The van der Waals surface area contributed by atoms with Crippen molar-refractivity contribution in [1.29, 1.82) is 0 Å². The highest BCUT2D eigenvalue weighted by atomic mass is 19.1. The van der Waals surface area contributed by atoms with Gasteiger partial charge >= 0.3 is 0 Å². The minimum absolute atomic E-state index is 0.0781. The van der Waals surface area contributed by atoms with Crippen LogP contribution >= 0.6 is 0 Å². The number of nitrogens with zero attached hydrogens (tertiary/aromatic N) is 2. The van der Waals surface area contributed by atoms with E-state index in [1.807, 2.05) is 0 Å². The van der Waals surface area contributed by atoms with Gasteiger partial charge in [-0.3, -0.25) is 10.1 Å². The van der Waals surface area contributed by atoms with E-state index in [9.17, 15) is 14.5 Å². The quantitative estimate of drug-likeness (QED) is 0.662. The van der Waals surface area contributed by atoms with Crippen LogP contribution in [0.1, 0.15) is 5.56 Å². The number of nitrogens with one attached hydrogen (secondary N) is 2. The normalized spacial score (nSPS) is 10.2. The first kappa shape index (κ1) is 13.7. The summed E-state index contributed by atoms with van der Waals surface area (Å²) in [4.78, 5) is 14.5. The highest BCUT2D eigenvalue weighted by Gasteiger charge is 2.11. The van der Waals surface area contributed by atoms with Crippen molar-refractivity contribution < 1.29 is 9.31 Å². The molecule has 7 heteroatoms. The third-order valence-electron chi connectivity index (χ3n) is 2.71. The molecule has 0 fully saturated rings. The van der Waals surface area contributed by atoms with Crippen molar-refractivity contribution in [1.82, 2.24) is 4.98 Å². The predicted molar refractivity (Wildman–Crippen MR) is 74.9 cm³/mol. The van der Waals surface area contributed by atoms with Crippen molar-refractivity contribution in [2.45, 2.75) is 6.92 Å². The van der Waals surface area contributed by atoms with Crippen LogP contribution in [0, 0.1) is 22.9 Å². The van der Waals surface area contributed by atoms with Crippen molar-refractivity contribution in [3.05, 3.63) is 51.8 Å². The van der Waals surface area contributed by atoms with Crippen LogP contribution in [0.15, 0.2) is 30.3 Å². The Hall–Kier alpha value is -2.70. The van der Waals surface area contributed by atoms with Gasteiger partial charge in [0.1, 0.15) is 17.5 Å². The molecule has 20 heavy (non-hydrogen) atoms. The van der Waals surface area contributed by atoms with Crippen LogP contribution in [-0.4, -0.2) is 17.0 Å². The minimum Gasteiger partial charge on any atom is -0.373 e. The Labute approximate surface area is 114 Å². The van der Waals surface area contributed by atoms with Crippen LogP contribution < -0.4 is 10.6 Å². The maximum absolute atomic E-state index is 13.2. The van der Waals surface area contributed by atoms with Crippen LogP contribution in [0.5, 0.6) is 0 Å². The van der Waals surface area contributed by atoms with Gasteiger partial charge in [-0.25, -0.2) is 9.37 Å². The van der Waals surface area contributed by atoms with E-state index in [2.05, 4.69) is 15.6 Å². The minimum atomic E-state index is -0.496. The van der Waals surface area contributed by atoms with Gasteiger partial charge in [-0.1, -0.05) is 0 Å². The molecular weight excluding hydrogens is 263 g/mol. The van der Waals surface area contributed by atoms with Crippen LogP contribution in [0.4, 0.5) is 27.4 Å². The molecule has 0 saturated heterocycles. The molecule has 1 aromatic carbocycles. The van der Waals surface area contributed by atoms with Gasteiger partial charge in [0.2, 0.25) is 0 Å². The van der Waals surface area contributed by atoms with Gasteiger partial charge in [0.05, 0.1) is 17.1 Å². The molecule has 0 amide bonds. The van der Waals surface area contributed by atoms with Crippen molar-refractivity contribution in [2.24, 2.45) is 0 Å². The Morgan fingerprint density at radius 1 is 1.25 bits per heavy atom. The molecule has 6 nitrogen and oxygen atoms in total. The molecule has 0 aliphatic carbocycles. The molecule has 1 heterocycles. The fourth-order valence-electron chi connectivity index (χ4n) is 1.68. The van der Waals surface area contributed by atoms with Gasteiger partial charge < -0.3 is 10.6 Å². The zero-order valence-electron chi connectivity index (χ0n) is 11.0. The van der Waals surface area contributed by atoms with E-state index in [1.54, 1.807) is 26.1 Å². The van der Waals surface area contributed by atoms with Crippen molar-refractivity contribution in [3.8, 4) is 0 Å². The number of benzene rings is 1. The van der Waals surface area contributed by atoms with E-state index in [0.717, 1.165) is 0 Å². The molecule has 0 aliphatic rings. The average molecular weight is 276 g/mol. The van der Waals surface area contributed by atoms with Crippen molar-refractivity contribution >= 4 is 23.0 Å². The van der Waals surface area contributed by atoms with Gasteiger partial charge in [0, 0.05) is 12.7 Å². The fourth-order valence-corrected chi connectivity index (χ4v) is 1.68. The van der Waals surface area contributed by atoms with E-state index in [0.29, 0.717) is 22.9 Å². The number of hydrogen-bond donors (Lipinski definition) is 2. The van der Waals surface area contributed by atoms with Crippen LogP contribution in [0.2, 0.25) is 0 Å². The number of halogens is 1. The van der Waals surface area contributed by atoms with Gasteiger partial charge in [-0.05, 0) is 30.7 Å². The van der Waals surface area contributed by atoms with Crippen molar-refractivity contribution in [2.75, 3.05) is 17.7 Å². The molecule has 0 bridgehead atoms. The lowest BCUT2D eigenvalue weighted by Gasteiger charge is -2.08. The molecule has 0 saturated carbocycles. The number of anilines is 3. The predicted octanol–water partition coefficient (Wildman–Crippen LogP) is 3.22. The van der Waals surface area contributed by atoms with Crippen LogP contribution in [-0.2, 0) is 0 Å². The second-order valence-electron chi connectivity index (χ2n) is 4.19. The number of aromatic nitrogens is 1. The molecule has 0 spiro atoms. The zero-order chi connectivity index (χ0) is 14.7. The van der Waals surface area contributed by atoms with Crippen LogP contribution in [0.25, 0.3) is 0 Å². The molecule has 2 N–H and O–H groups in total. The van der Waals surface area contributed by atoms with E-state index in [-0.39, 0.29) is 11.5 Å². The van der Waals surface area contributed by atoms with Crippen molar-refractivity contribution in [3.63, 3.8) is 0 Å². The topological polar surface area (TPSA) is 80.1 Å². The van der Waals surface area contributed by atoms with E-state index in [1.165, 1.54) is 18.2 Å². The summed E-state index contributed by atoms with van der Waals surface area (Å²) in [6, 6.07) is 7.13. The lowest BCUT2D eigenvalue weighted by molar-refractivity contribution is -0.384. The first-order valence-electron chi connectivity index (χ1n) is 5.87. The summed E-state index contributed by atoms with van der Waals surface area (Å²) in [5.41, 5.74) is 1.01. The summed E-state index contributed by atoms with van der Waals surface area (Å²) in [7, 11) is 1.62. The molecule has 0 radical (unpaired) electrons. The Kier molecular flexibility index (Phi) is 3.79. The largest absolute Gasteiger partial charge is 0.373 e. The van der Waals surface area contributed by atoms with Gasteiger partial charge in [-0.2, -0.15) is 0 Å². The summed E-state index contributed by atoms with van der Waals surface area (Å²) < 4.78 is 13.2. The molecule has 2 aromatic rings. The Morgan fingerprint density at radius 3 is 2.55 bits per heavy atom. The summed E-state index contributed by atoms with van der Waals surface area (Å²) in [6.07, 6.45) is 0. The number of pyridine rings is 1. The van der Waals surface area contributed by atoms with Gasteiger partial charge in [0.15, 0.2) is 0 Å². The molecular formula is C13H13FN4O2. The van der Waals surface area contributed by atoms with E-state index < -0.39 is 4.92 Å². The summed E-state index contributed by atoms with van der Waals surface area (Å²) in [5.74, 6) is 0.383. The number of hydrogen-bond acceptors (Lipinski definition) is 5. The Balaban J connectivity index is 2.34. The number of rotatable bonds is 4. The van der Waals surface area contributed by atoms with E-state index >= 15 is 0 Å². The second kappa shape index (κ2) is 5.52. The second-order valence-corrected chi connectivity index (χ2v) is 4.19. The first-order valence-corrected chi connectivity index (χ1v) is 5.87. The van der Waals surface area contributed by atoms with Crippen LogP contribution in [0.3, 0.4) is 0 Å². The molecule has 2 rings (SSSR count). The highest BCUT2D eigenvalue weighted by molar-refractivity contribution is 5.62. The number of aryl methyl sites for hydroxylation is 1. The smallest absolute Gasteiger partial charge is 0.276 e. The zero-order valence-corrected chi connectivity index (χ0v) is 11.0. The lowest BCUT2D eigenvalue weighted by Crippen LogP contribution is -2.00. The molecule has 104 valence electrons. The monoisotopic (exact) mass is 276 g/mol. The van der Waals surface area contributed by atoms with E-state index in [4.69, 9.17) is 0 Å². The third kappa shape index (κ3) is 3.00. The van der Waals surface area contributed by atoms with Gasteiger partial charge in [-0.15, -0.1) is 0 Å². The Bertz CT molecular complexity index is 661. The molecule has 0 atom stereocenters. The fraction of sp³-hybridized carbons (Fsp3) is 0.154. The Morgan fingerprint density at radius 2 is 1.95 bits per heavy atom. The highest BCUT2D eigenvalue weighted by Crippen LogP contribution is 2.24. The number of nitro groups is 1. The molecule has 1 aromatic heterocycles. The summed E-state index contributed by atoms with van der Waals surface area (Å²) >= 11 is 0. The maximum atomic E-state index is 13.2. The standard InChI is InChI=1S/C13H13FN4O2/c1-8-5-9(3-4-11(8)14)16-13-7-10(18(19)20)6-12(15-2)17-13/h3-7H,1-2H3,(H2,15,16,17). The first-order chi connectivity index (χ1) is 9.49.